The number of halogens is 2. The molecule has 130 valence electrons. The molecule has 0 aliphatic rings. The minimum atomic E-state index is -0.472. The molecule has 0 bridgehead atoms. The second-order valence-electron chi connectivity index (χ2n) is 8.93. The van der Waals surface area contributed by atoms with Crippen LogP contribution in [-0.2, 0) is 9.53 Å². The molecule has 0 saturated carbocycles. The zero-order chi connectivity index (χ0) is 15.7. The van der Waals surface area contributed by atoms with Gasteiger partial charge in [0, 0.05) is 0 Å². The molecular weight excluding hydrogens is 494 g/mol. The number of hydrogen-bond acceptors (Lipinski definition) is 2. The molecule has 0 rings (SSSR count). The fourth-order valence-corrected chi connectivity index (χ4v) is 2.81. The Hall–Kier alpha value is 0.850. The molecule has 0 aliphatic carbocycles. The molecule has 0 radical (unpaired) electrons. The van der Waals surface area contributed by atoms with Crippen LogP contribution in [-0.4, -0.2) is 75.9 Å². The van der Waals surface area contributed by atoms with Crippen molar-refractivity contribution in [2.75, 3.05) is 55.4 Å². The Bertz CT molecular complexity index is 330. The van der Waals surface area contributed by atoms with Crippen LogP contribution >= 0.6 is 0 Å². The van der Waals surface area contributed by atoms with Crippen LogP contribution in [0.15, 0.2) is 0 Å². The number of esters is 1. The normalized spacial score (nSPS) is 13.0. The number of ether oxygens (including phenoxy) is 1. The zero-order valence-electron chi connectivity index (χ0n) is 15.4. The van der Waals surface area contributed by atoms with Gasteiger partial charge in [-0.25, -0.2) is 0 Å². The van der Waals surface area contributed by atoms with E-state index in [9.17, 15) is 4.79 Å². The van der Waals surface area contributed by atoms with E-state index < -0.39 is 11.0 Å². The standard InChI is InChI=1S/C15H34N2O2.2HI/c1-14(2,11-16(5,6)7)13(18)19-15(3,4)12-17(8,9)10;;/h11-12H2,1-10H3;2*1H/q+2;;/p-2. The Morgan fingerprint density at radius 3 is 1.43 bits per heavy atom. The van der Waals surface area contributed by atoms with Gasteiger partial charge in [-0.2, -0.15) is 0 Å². The van der Waals surface area contributed by atoms with Crippen molar-refractivity contribution in [2.45, 2.75) is 33.3 Å². The van der Waals surface area contributed by atoms with Crippen molar-refractivity contribution < 1.29 is 66.5 Å². The fourth-order valence-electron chi connectivity index (χ4n) is 2.81. The van der Waals surface area contributed by atoms with E-state index in [0.717, 1.165) is 22.1 Å². The average Bonchev–Trinajstić information content (AvgIpc) is 1.91. The molecule has 0 saturated heterocycles. The Morgan fingerprint density at radius 1 is 0.810 bits per heavy atom. The molecule has 6 heteroatoms. The summed E-state index contributed by atoms with van der Waals surface area (Å²) >= 11 is 0. The van der Waals surface area contributed by atoms with Crippen molar-refractivity contribution >= 4 is 5.97 Å². The highest BCUT2D eigenvalue weighted by molar-refractivity contribution is 5.76. The second kappa shape index (κ2) is 8.63. The molecule has 0 fully saturated rings. The predicted molar refractivity (Wildman–Crippen MR) is 79.8 cm³/mol. The van der Waals surface area contributed by atoms with E-state index in [1.54, 1.807) is 0 Å². The van der Waals surface area contributed by atoms with E-state index in [4.69, 9.17) is 4.74 Å². The van der Waals surface area contributed by atoms with Crippen LogP contribution in [0, 0.1) is 5.41 Å². The molecule has 0 N–H and O–H groups in total. The number of hydrogen-bond donors (Lipinski definition) is 0. The van der Waals surface area contributed by atoms with Crippen molar-refractivity contribution in [1.82, 2.24) is 0 Å². The summed E-state index contributed by atoms with van der Waals surface area (Å²) in [6.07, 6.45) is 0. The summed E-state index contributed by atoms with van der Waals surface area (Å²) in [5, 5.41) is 0. The SMILES string of the molecule is CC(C)(C[N+](C)(C)C)OC(=O)C(C)(C)C[N+](C)(C)C.[I-].[I-]. The molecule has 4 nitrogen and oxygen atoms in total. The van der Waals surface area contributed by atoms with E-state index in [0.29, 0.717) is 0 Å². The molecule has 0 amide bonds. The molecular formula is C15H34I2N2O2. The number of nitrogens with zero attached hydrogens (tertiary/aromatic N) is 2. The smallest absolute Gasteiger partial charge is 0.318 e. The Labute approximate surface area is 165 Å². The van der Waals surface area contributed by atoms with Gasteiger partial charge in [0.25, 0.3) is 0 Å². The van der Waals surface area contributed by atoms with Crippen LogP contribution in [0.3, 0.4) is 0 Å². The first-order valence-electron chi connectivity index (χ1n) is 6.89. The highest BCUT2D eigenvalue weighted by Crippen LogP contribution is 2.24. The maximum Gasteiger partial charge on any atom is 0.318 e. The fraction of sp³-hybridized carbons (Fsp3) is 0.933. The maximum absolute atomic E-state index is 12.4. The largest absolute Gasteiger partial charge is 1.00 e. The number of carbonyl (C=O) groups excluding carboxylic acids is 1. The van der Waals surface area contributed by atoms with Gasteiger partial charge < -0.3 is 61.7 Å². The molecule has 0 aromatic heterocycles. The average molecular weight is 528 g/mol. The lowest BCUT2D eigenvalue weighted by atomic mass is 9.92. The van der Waals surface area contributed by atoms with E-state index in [1.807, 2.05) is 27.7 Å². The highest BCUT2D eigenvalue weighted by Gasteiger charge is 2.40. The van der Waals surface area contributed by atoms with Crippen LogP contribution in [0.5, 0.6) is 0 Å². The lowest BCUT2D eigenvalue weighted by molar-refractivity contribution is -0.877. The summed E-state index contributed by atoms with van der Waals surface area (Å²) in [5.41, 5.74) is -0.919. The highest BCUT2D eigenvalue weighted by atomic mass is 127. The van der Waals surface area contributed by atoms with Crippen molar-refractivity contribution in [2.24, 2.45) is 5.41 Å². The second-order valence-corrected chi connectivity index (χ2v) is 8.93. The first-order valence-corrected chi connectivity index (χ1v) is 6.89. The molecule has 0 aliphatic heterocycles. The minimum absolute atomic E-state index is 0. The van der Waals surface area contributed by atoms with E-state index in [2.05, 4.69) is 42.3 Å². The zero-order valence-corrected chi connectivity index (χ0v) is 19.7. The molecule has 21 heavy (non-hydrogen) atoms. The van der Waals surface area contributed by atoms with Crippen LogP contribution in [0.1, 0.15) is 27.7 Å². The van der Waals surface area contributed by atoms with Gasteiger partial charge in [-0.15, -0.1) is 0 Å². The summed E-state index contributed by atoms with van der Waals surface area (Å²) < 4.78 is 7.28. The number of likely N-dealkylation sites (N-methyl/N-ethyl adjacent to an activating group) is 1. The van der Waals surface area contributed by atoms with Crippen LogP contribution in [0.25, 0.3) is 0 Å². The van der Waals surface area contributed by atoms with Crippen molar-refractivity contribution in [3.63, 3.8) is 0 Å². The summed E-state index contributed by atoms with van der Waals surface area (Å²) in [5.74, 6) is -0.112. The quantitative estimate of drug-likeness (QED) is 0.199. The molecule has 0 unspecified atom stereocenters. The third kappa shape index (κ3) is 13.0. The van der Waals surface area contributed by atoms with Gasteiger partial charge in [0.2, 0.25) is 0 Å². The Balaban J connectivity index is -0.00000162. The topological polar surface area (TPSA) is 26.3 Å². The van der Waals surface area contributed by atoms with Gasteiger partial charge in [-0.05, 0) is 27.7 Å². The van der Waals surface area contributed by atoms with Crippen LogP contribution in [0.4, 0.5) is 0 Å². The number of carbonyl (C=O) groups is 1. The van der Waals surface area contributed by atoms with Gasteiger partial charge >= 0.3 is 5.97 Å². The van der Waals surface area contributed by atoms with Crippen molar-refractivity contribution in [1.29, 1.82) is 0 Å². The number of quaternary nitrogens is 2. The molecule has 0 spiro atoms. The summed E-state index contributed by atoms with van der Waals surface area (Å²) in [6.45, 7) is 9.43. The van der Waals surface area contributed by atoms with Crippen molar-refractivity contribution in [3.05, 3.63) is 0 Å². The van der Waals surface area contributed by atoms with Crippen molar-refractivity contribution in [3.8, 4) is 0 Å². The number of rotatable bonds is 6. The van der Waals surface area contributed by atoms with Crippen LogP contribution in [0.2, 0.25) is 0 Å². The lowest BCUT2D eigenvalue weighted by Gasteiger charge is -2.37. The van der Waals surface area contributed by atoms with E-state index in [1.165, 1.54) is 0 Å². The van der Waals surface area contributed by atoms with Gasteiger partial charge in [0.05, 0.1) is 48.8 Å². The monoisotopic (exact) mass is 528 g/mol. The maximum atomic E-state index is 12.4. The summed E-state index contributed by atoms with van der Waals surface area (Å²) in [6, 6.07) is 0. The van der Waals surface area contributed by atoms with E-state index in [-0.39, 0.29) is 53.9 Å². The van der Waals surface area contributed by atoms with Gasteiger partial charge in [-0.3, -0.25) is 4.79 Å². The van der Waals surface area contributed by atoms with Crippen LogP contribution < -0.4 is 48.0 Å². The molecule has 0 aromatic rings. The molecule has 0 aromatic carbocycles. The van der Waals surface area contributed by atoms with Gasteiger partial charge in [-0.1, -0.05) is 0 Å². The van der Waals surface area contributed by atoms with E-state index >= 15 is 0 Å². The Morgan fingerprint density at radius 2 is 1.14 bits per heavy atom. The first kappa shape index (κ1) is 26.7. The minimum Gasteiger partial charge on any atom is -1.00 e. The first-order chi connectivity index (χ1) is 8.04. The molecule has 0 heterocycles. The predicted octanol–water partition coefficient (Wildman–Crippen LogP) is -4.25. The third-order valence-corrected chi connectivity index (χ3v) is 2.65. The lowest BCUT2D eigenvalue weighted by Crippen LogP contribution is -3.00. The summed E-state index contributed by atoms with van der Waals surface area (Å²) in [4.78, 5) is 12.4. The molecule has 0 atom stereocenters. The Kier molecular flexibility index (Phi) is 11.0. The summed E-state index contributed by atoms with van der Waals surface area (Å²) in [7, 11) is 12.6. The third-order valence-electron chi connectivity index (χ3n) is 2.65. The van der Waals surface area contributed by atoms with Gasteiger partial charge in [0.1, 0.15) is 12.0 Å². The van der Waals surface area contributed by atoms with Gasteiger partial charge in [0.15, 0.2) is 5.60 Å².